The van der Waals surface area contributed by atoms with E-state index in [9.17, 15) is 0 Å². The van der Waals surface area contributed by atoms with Gasteiger partial charge in [0.05, 0.1) is 0 Å². The number of hydrogen-bond donors (Lipinski definition) is 1. The Labute approximate surface area is 133 Å². The zero-order valence-corrected chi connectivity index (χ0v) is 12.7. The maximum absolute atomic E-state index is 4.81. The van der Waals surface area contributed by atoms with E-state index in [1.165, 1.54) is 25.0 Å². The van der Waals surface area contributed by atoms with Gasteiger partial charge in [0.1, 0.15) is 12.0 Å². The third-order valence-electron chi connectivity index (χ3n) is 4.90. The van der Waals surface area contributed by atoms with Crippen LogP contribution in [0.3, 0.4) is 0 Å². The van der Waals surface area contributed by atoms with E-state index in [2.05, 4.69) is 33.3 Å². The van der Waals surface area contributed by atoms with Gasteiger partial charge in [-0.3, -0.25) is 0 Å². The molecule has 0 aromatic carbocycles. The first-order chi connectivity index (χ1) is 11.4. The molecule has 4 heterocycles. The van der Waals surface area contributed by atoms with Crippen LogP contribution >= 0.6 is 0 Å². The van der Waals surface area contributed by atoms with Crippen LogP contribution < -0.4 is 0 Å². The number of fused-ring (bicyclic) bond motifs is 2. The van der Waals surface area contributed by atoms with Crippen molar-refractivity contribution in [2.75, 3.05) is 0 Å². The molecule has 1 saturated carbocycles. The second kappa shape index (κ2) is 4.91. The predicted molar refractivity (Wildman–Crippen MR) is 89.1 cm³/mol. The van der Waals surface area contributed by atoms with Crippen molar-refractivity contribution in [2.24, 2.45) is 5.92 Å². The van der Waals surface area contributed by atoms with Gasteiger partial charge in [0.15, 0.2) is 5.65 Å². The van der Waals surface area contributed by atoms with Gasteiger partial charge in [0.25, 0.3) is 0 Å². The monoisotopic (exact) mass is 303 g/mol. The molecule has 4 aromatic heterocycles. The summed E-state index contributed by atoms with van der Waals surface area (Å²) >= 11 is 0. The van der Waals surface area contributed by atoms with Crippen LogP contribution in [0.5, 0.6) is 0 Å². The van der Waals surface area contributed by atoms with Gasteiger partial charge in [0, 0.05) is 34.6 Å². The van der Waals surface area contributed by atoms with Gasteiger partial charge in [-0.05, 0) is 36.6 Å². The molecule has 0 unspecified atom stereocenters. The van der Waals surface area contributed by atoms with Gasteiger partial charge in [-0.15, -0.1) is 0 Å². The van der Waals surface area contributed by atoms with Gasteiger partial charge < -0.3 is 4.98 Å². The lowest BCUT2D eigenvalue weighted by atomic mass is 9.82. The Kier molecular flexibility index (Phi) is 2.74. The number of aromatic amines is 1. The zero-order chi connectivity index (χ0) is 15.2. The fourth-order valence-electron chi connectivity index (χ4n) is 3.37. The molecule has 0 bridgehead atoms. The molecule has 0 aliphatic heterocycles. The number of rotatable bonds is 3. The first-order valence-electron chi connectivity index (χ1n) is 8.13. The van der Waals surface area contributed by atoms with E-state index in [-0.39, 0.29) is 0 Å². The number of nitrogens with one attached hydrogen (secondary N) is 1. The first kappa shape index (κ1) is 12.8. The highest BCUT2D eigenvalue weighted by atomic mass is 15.3. The molecular formula is C18H17N5. The maximum Gasteiger partial charge on any atom is 0.155 e. The minimum absolute atomic E-state index is 0.837. The fourth-order valence-corrected chi connectivity index (χ4v) is 3.37. The zero-order valence-electron chi connectivity index (χ0n) is 12.7. The van der Waals surface area contributed by atoms with Gasteiger partial charge in [0.2, 0.25) is 0 Å². The standard InChI is InChI=1S/C18H17N5/c1-2-12(3-1)8-14-5-6-15-16(9-19-18(15)22-14)13-4-7-17-20-11-21-23(17)10-13/h4-7,9-12H,1-3,8H2,(H,19,22). The van der Waals surface area contributed by atoms with E-state index in [4.69, 9.17) is 4.98 Å². The minimum atomic E-state index is 0.837. The molecule has 23 heavy (non-hydrogen) atoms. The van der Waals surface area contributed by atoms with Crippen molar-refractivity contribution in [3.05, 3.63) is 48.7 Å². The van der Waals surface area contributed by atoms with E-state index in [1.807, 2.05) is 18.5 Å². The van der Waals surface area contributed by atoms with Crippen molar-refractivity contribution in [2.45, 2.75) is 25.7 Å². The first-order valence-corrected chi connectivity index (χ1v) is 8.13. The Morgan fingerprint density at radius 2 is 2.13 bits per heavy atom. The molecular weight excluding hydrogens is 286 g/mol. The van der Waals surface area contributed by atoms with E-state index >= 15 is 0 Å². The Balaban J connectivity index is 1.55. The molecule has 0 radical (unpaired) electrons. The lowest BCUT2D eigenvalue weighted by Gasteiger charge is -2.24. The summed E-state index contributed by atoms with van der Waals surface area (Å²) in [5.41, 5.74) is 5.29. The second-order valence-corrected chi connectivity index (χ2v) is 6.38. The lowest BCUT2D eigenvalue weighted by molar-refractivity contribution is 0.312. The van der Waals surface area contributed by atoms with E-state index in [1.54, 1.807) is 10.8 Å². The minimum Gasteiger partial charge on any atom is -0.346 e. The van der Waals surface area contributed by atoms with Gasteiger partial charge in [-0.1, -0.05) is 19.3 Å². The van der Waals surface area contributed by atoms with E-state index in [0.29, 0.717) is 0 Å². The van der Waals surface area contributed by atoms with Crippen LogP contribution in [-0.2, 0) is 6.42 Å². The number of H-pyrrole nitrogens is 1. The summed E-state index contributed by atoms with van der Waals surface area (Å²) in [6.07, 6.45) is 10.8. The normalized spacial score (nSPS) is 15.3. The lowest BCUT2D eigenvalue weighted by Crippen LogP contribution is -2.14. The van der Waals surface area contributed by atoms with Crippen molar-refractivity contribution in [3.63, 3.8) is 0 Å². The summed E-state index contributed by atoms with van der Waals surface area (Å²) in [6.45, 7) is 0. The molecule has 5 nitrogen and oxygen atoms in total. The van der Waals surface area contributed by atoms with Crippen molar-refractivity contribution >= 4 is 16.7 Å². The van der Waals surface area contributed by atoms with Crippen LogP contribution in [-0.4, -0.2) is 24.6 Å². The Morgan fingerprint density at radius 3 is 3.00 bits per heavy atom. The molecule has 0 saturated heterocycles. The highest BCUT2D eigenvalue weighted by Crippen LogP contribution is 2.31. The predicted octanol–water partition coefficient (Wildman–Crippen LogP) is 3.62. The summed E-state index contributed by atoms with van der Waals surface area (Å²) in [5, 5.41) is 5.37. The third kappa shape index (κ3) is 2.11. The molecule has 1 fully saturated rings. The quantitative estimate of drug-likeness (QED) is 0.629. The fraction of sp³-hybridized carbons (Fsp3) is 0.278. The summed E-state index contributed by atoms with van der Waals surface area (Å²) in [6, 6.07) is 8.42. The highest BCUT2D eigenvalue weighted by molar-refractivity contribution is 5.93. The molecule has 0 spiro atoms. The molecule has 4 aromatic rings. The summed E-state index contributed by atoms with van der Waals surface area (Å²) < 4.78 is 1.80. The highest BCUT2D eigenvalue weighted by Gasteiger charge is 2.18. The maximum atomic E-state index is 4.81. The van der Waals surface area contributed by atoms with Gasteiger partial charge >= 0.3 is 0 Å². The largest absolute Gasteiger partial charge is 0.346 e. The number of aromatic nitrogens is 5. The van der Waals surface area contributed by atoms with Crippen LogP contribution in [0.15, 0.2) is 43.0 Å². The van der Waals surface area contributed by atoms with Crippen molar-refractivity contribution in [1.82, 2.24) is 24.6 Å². The van der Waals surface area contributed by atoms with Gasteiger partial charge in [-0.2, -0.15) is 5.10 Å². The van der Waals surface area contributed by atoms with Crippen LogP contribution in [0.1, 0.15) is 25.0 Å². The van der Waals surface area contributed by atoms with Crippen LogP contribution in [0.2, 0.25) is 0 Å². The van der Waals surface area contributed by atoms with Crippen LogP contribution in [0.25, 0.3) is 27.8 Å². The summed E-state index contributed by atoms with van der Waals surface area (Å²) in [7, 11) is 0. The molecule has 1 aliphatic carbocycles. The van der Waals surface area contributed by atoms with E-state index < -0.39 is 0 Å². The molecule has 1 N–H and O–H groups in total. The van der Waals surface area contributed by atoms with Crippen molar-refractivity contribution < 1.29 is 0 Å². The van der Waals surface area contributed by atoms with Gasteiger partial charge in [-0.25, -0.2) is 14.5 Å². The topological polar surface area (TPSA) is 58.9 Å². The Hall–Kier alpha value is -2.69. The SMILES string of the molecule is c1nc2ccc(-c3c[nH]c4nc(CC5CCC5)ccc34)cn2n1. The average molecular weight is 303 g/mol. The van der Waals surface area contributed by atoms with Crippen molar-refractivity contribution in [1.29, 1.82) is 0 Å². The summed E-state index contributed by atoms with van der Waals surface area (Å²) in [4.78, 5) is 12.3. The number of hydrogen-bond acceptors (Lipinski definition) is 3. The number of pyridine rings is 2. The average Bonchev–Trinajstić information content (AvgIpc) is 3.16. The van der Waals surface area contributed by atoms with Crippen molar-refractivity contribution in [3.8, 4) is 11.1 Å². The number of nitrogens with zero attached hydrogens (tertiary/aromatic N) is 4. The molecule has 114 valence electrons. The Bertz CT molecular complexity index is 993. The molecule has 0 atom stereocenters. The third-order valence-corrected chi connectivity index (χ3v) is 4.90. The molecule has 1 aliphatic rings. The van der Waals surface area contributed by atoms with E-state index in [0.717, 1.165) is 40.1 Å². The Morgan fingerprint density at radius 1 is 1.17 bits per heavy atom. The molecule has 5 heteroatoms. The summed E-state index contributed by atoms with van der Waals surface area (Å²) in [5.74, 6) is 0.837. The smallest absolute Gasteiger partial charge is 0.155 e. The molecule has 0 amide bonds. The van der Waals surface area contributed by atoms with Crippen LogP contribution in [0.4, 0.5) is 0 Å². The van der Waals surface area contributed by atoms with Crippen LogP contribution in [0, 0.1) is 5.92 Å². The molecule has 5 rings (SSSR count). The second-order valence-electron chi connectivity index (χ2n) is 6.38.